The topological polar surface area (TPSA) is 86.6 Å². The van der Waals surface area contributed by atoms with Gasteiger partial charge >= 0.3 is 7.60 Å². The van der Waals surface area contributed by atoms with Gasteiger partial charge in [-0.3, -0.25) is 9.36 Å². The van der Waals surface area contributed by atoms with E-state index in [2.05, 4.69) is 11.9 Å². The third-order valence-electron chi connectivity index (χ3n) is 1.55. The van der Waals surface area contributed by atoms with Gasteiger partial charge in [-0.2, -0.15) is 0 Å². The third kappa shape index (κ3) is 6.83. The summed E-state index contributed by atoms with van der Waals surface area (Å²) in [6.07, 6.45) is -0.219. The van der Waals surface area contributed by atoms with E-state index in [-0.39, 0.29) is 24.5 Å². The zero-order valence-electron chi connectivity index (χ0n) is 8.36. The molecule has 0 aromatic rings. The second-order valence-corrected chi connectivity index (χ2v) is 5.14. The summed E-state index contributed by atoms with van der Waals surface area (Å²) in [7, 11) is -3.98. The maximum Gasteiger partial charge on any atom is 0.325 e. The number of hydrogen-bond acceptors (Lipinski definition) is 2. The molecule has 5 nitrogen and oxygen atoms in total. The van der Waals surface area contributed by atoms with Crippen LogP contribution in [0.2, 0.25) is 0 Å². The molecule has 14 heavy (non-hydrogen) atoms. The van der Waals surface area contributed by atoms with E-state index in [1.54, 1.807) is 13.8 Å². The minimum Gasteiger partial charge on any atom is -0.352 e. The van der Waals surface area contributed by atoms with Gasteiger partial charge in [0.15, 0.2) is 0 Å². The summed E-state index contributed by atoms with van der Waals surface area (Å²) < 4.78 is 10.6. The quantitative estimate of drug-likeness (QED) is 0.466. The molecular weight excluding hydrogens is 205 g/mol. The lowest BCUT2D eigenvalue weighted by molar-refractivity contribution is -0.117. The highest BCUT2D eigenvalue weighted by atomic mass is 31.2. The van der Waals surface area contributed by atoms with Crippen LogP contribution in [-0.2, 0) is 9.36 Å². The van der Waals surface area contributed by atoms with Crippen molar-refractivity contribution >= 4 is 13.5 Å². The average molecular weight is 221 g/mol. The van der Waals surface area contributed by atoms with E-state index >= 15 is 0 Å². The second kappa shape index (κ2) is 5.29. The Morgan fingerprint density at radius 2 is 2.07 bits per heavy atom. The second-order valence-electron chi connectivity index (χ2n) is 3.44. The molecular formula is C8H16NO4P. The van der Waals surface area contributed by atoms with Crippen LogP contribution in [0.3, 0.4) is 0 Å². The molecule has 0 aliphatic rings. The van der Waals surface area contributed by atoms with Gasteiger partial charge in [-0.25, -0.2) is 0 Å². The first-order chi connectivity index (χ1) is 6.22. The fraction of sp³-hybridized carbons (Fsp3) is 0.625. The van der Waals surface area contributed by atoms with Crippen molar-refractivity contribution < 1.29 is 19.1 Å². The fourth-order valence-electron chi connectivity index (χ4n) is 0.888. The molecule has 3 N–H and O–H groups in total. The van der Waals surface area contributed by atoms with Gasteiger partial charge in [0.25, 0.3) is 0 Å². The summed E-state index contributed by atoms with van der Waals surface area (Å²) in [4.78, 5) is 28.3. The molecule has 0 saturated heterocycles. The van der Waals surface area contributed by atoms with Crippen molar-refractivity contribution in [2.45, 2.75) is 13.8 Å². The Morgan fingerprint density at radius 3 is 2.43 bits per heavy atom. The van der Waals surface area contributed by atoms with Crippen molar-refractivity contribution in [3.63, 3.8) is 0 Å². The molecule has 1 atom stereocenters. The molecule has 0 heterocycles. The third-order valence-corrected chi connectivity index (χ3v) is 2.65. The van der Waals surface area contributed by atoms with Gasteiger partial charge < -0.3 is 15.1 Å². The fourth-order valence-corrected chi connectivity index (χ4v) is 1.83. The average Bonchev–Trinajstić information content (AvgIpc) is 1.96. The zero-order chi connectivity index (χ0) is 11.4. The van der Waals surface area contributed by atoms with Crippen LogP contribution < -0.4 is 5.32 Å². The summed E-state index contributed by atoms with van der Waals surface area (Å²) in [5.74, 6) is -0.540. The van der Waals surface area contributed by atoms with E-state index in [0.29, 0.717) is 5.57 Å². The molecule has 0 aliphatic carbocycles. The molecule has 0 aromatic heterocycles. The lowest BCUT2D eigenvalue weighted by atomic mass is 10.2. The molecule has 0 rings (SSSR count). The molecule has 0 aromatic carbocycles. The maximum absolute atomic E-state index is 11.0. The van der Waals surface area contributed by atoms with Gasteiger partial charge in [0.2, 0.25) is 5.91 Å². The van der Waals surface area contributed by atoms with Crippen LogP contribution in [0.1, 0.15) is 13.8 Å². The van der Waals surface area contributed by atoms with Crippen LogP contribution in [0.15, 0.2) is 12.2 Å². The van der Waals surface area contributed by atoms with Crippen LogP contribution in [0.5, 0.6) is 0 Å². The summed E-state index contributed by atoms with van der Waals surface area (Å²) >= 11 is 0. The number of hydrogen-bond donors (Lipinski definition) is 3. The minimum atomic E-state index is -3.98. The monoisotopic (exact) mass is 221 g/mol. The van der Waals surface area contributed by atoms with Gasteiger partial charge in [-0.1, -0.05) is 13.5 Å². The van der Waals surface area contributed by atoms with E-state index in [1.165, 1.54) is 0 Å². The highest BCUT2D eigenvalue weighted by molar-refractivity contribution is 7.51. The molecule has 82 valence electrons. The Bertz CT molecular complexity index is 271. The summed E-state index contributed by atoms with van der Waals surface area (Å²) in [5, 5.41) is 2.52. The van der Waals surface area contributed by atoms with Crippen LogP contribution in [0.25, 0.3) is 0 Å². The molecule has 0 spiro atoms. The van der Waals surface area contributed by atoms with Crippen LogP contribution in [0, 0.1) is 5.92 Å². The molecule has 1 unspecified atom stereocenters. The summed E-state index contributed by atoms with van der Waals surface area (Å²) in [5.41, 5.74) is 0.383. The Balaban J connectivity index is 3.86. The molecule has 0 saturated carbocycles. The Hall–Kier alpha value is -0.640. The minimum absolute atomic E-state index is 0.219. The number of rotatable bonds is 5. The van der Waals surface area contributed by atoms with Crippen molar-refractivity contribution in [1.29, 1.82) is 0 Å². The van der Waals surface area contributed by atoms with Crippen molar-refractivity contribution in [3.8, 4) is 0 Å². The highest BCUT2D eigenvalue weighted by Gasteiger charge is 2.18. The lowest BCUT2D eigenvalue weighted by Crippen LogP contribution is -2.29. The molecule has 0 fully saturated rings. The Kier molecular flexibility index (Phi) is 5.05. The number of amides is 1. The van der Waals surface area contributed by atoms with Crippen molar-refractivity contribution in [2.24, 2.45) is 5.92 Å². The molecule has 1 amide bonds. The van der Waals surface area contributed by atoms with Crippen LogP contribution in [0.4, 0.5) is 0 Å². The number of carbonyl (C=O) groups excluding carboxylic acids is 1. The highest BCUT2D eigenvalue weighted by Crippen LogP contribution is 2.36. The first kappa shape index (κ1) is 13.4. The van der Waals surface area contributed by atoms with Crippen LogP contribution in [-0.4, -0.2) is 28.4 Å². The predicted molar refractivity (Wildman–Crippen MR) is 53.9 cm³/mol. The van der Waals surface area contributed by atoms with E-state index in [0.717, 1.165) is 0 Å². The van der Waals surface area contributed by atoms with Crippen molar-refractivity contribution in [2.75, 3.05) is 12.7 Å². The standard InChI is InChI=1S/C8H16NO4P/c1-6(2)8(10)9-4-7(3)5-14(11,12)13/h7H,1,4-5H2,2-3H3,(H,9,10)(H2,11,12,13). The van der Waals surface area contributed by atoms with Gasteiger partial charge in [0.05, 0.1) is 6.16 Å². The summed E-state index contributed by atoms with van der Waals surface area (Å²) in [6.45, 7) is 6.93. The summed E-state index contributed by atoms with van der Waals surface area (Å²) in [6, 6.07) is 0. The van der Waals surface area contributed by atoms with E-state index in [9.17, 15) is 9.36 Å². The first-order valence-corrected chi connectivity index (χ1v) is 6.00. The van der Waals surface area contributed by atoms with Gasteiger partial charge in [-0.15, -0.1) is 0 Å². The van der Waals surface area contributed by atoms with E-state index < -0.39 is 7.60 Å². The van der Waals surface area contributed by atoms with Crippen molar-refractivity contribution in [1.82, 2.24) is 5.32 Å². The molecule has 0 radical (unpaired) electrons. The van der Waals surface area contributed by atoms with Gasteiger partial charge in [0, 0.05) is 12.1 Å². The largest absolute Gasteiger partial charge is 0.352 e. The van der Waals surface area contributed by atoms with Gasteiger partial charge in [0.1, 0.15) is 0 Å². The first-order valence-electron chi connectivity index (χ1n) is 4.20. The molecule has 6 heteroatoms. The van der Waals surface area contributed by atoms with E-state index in [4.69, 9.17) is 9.79 Å². The SMILES string of the molecule is C=C(C)C(=O)NCC(C)CP(=O)(O)O. The smallest absolute Gasteiger partial charge is 0.325 e. The van der Waals surface area contributed by atoms with Gasteiger partial charge in [-0.05, 0) is 12.8 Å². The number of nitrogens with one attached hydrogen (secondary N) is 1. The maximum atomic E-state index is 11.0. The van der Waals surface area contributed by atoms with Crippen molar-refractivity contribution in [3.05, 3.63) is 12.2 Å². The Labute approximate surface area is 83.4 Å². The predicted octanol–water partition coefficient (Wildman–Crippen LogP) is 0.492. The molecule has 0 aliphatic heterocycles. The van der Waals surface area contributed by atoms with Crippen LogP contribution >= 0.6 is 7.60 Å². The lowest BCUT2D eigenvalue weighted by Gasteiger charge is -2.13. The van der Waals surface area contributed by atoms with E-state index in [1.807, 2.05) is 0 Å². The zero-order valence-corrected chi connectivity index (χ0v) is 9.25. The Morgan fingerprint density at radius 1 is 1.57 bits per heavy atom. The number of carbonyl (C=O) groups is 1. The normalized spacial score (nSPS) is 13.4. The molecule has 0 bridgehead atoms.